The van der Waals surface area contributed by atoms with Crippen molar-refractivity contribution in [3.63, 3.8) is 0 Å². The highest BCUT2D eigenvalue weighted by Gasteiger charge is 2.07. The summed E-state index contributed by atoms with van der Waals surface area (Å²) < 4.78 is 4.85. The van der Waals surface area contributed by atoms with Gasteiger partial charge in [0.05, 0.1) is 6.10 Å². The fourth-order valence-electron chi connectivity index (χ4n) is 0.753. The van der Waals surface area contributed by atoms with Crippen LogP contribution in [0.15, 0.2) is 25.3 Å². The Bertz CT molecular complexity index is 218. The van der Waals surface area contributed by atoms with Crippen LogP contribution in [0.3, 0.4) is 0 Å². The van der Waals surface area contributed by atoms with Crippen LogP contribution in [0.4, 0.5) is 0 Å². The molecule has 72 valence electrons. The SMILES string of the molecule is C=CC(=O)CCC(C)OC(=O)C=C. The summed E-state index contributed by atoms with van der Waals surface area (Å²) in [4.78, 5) is 21.5. The molecular weight excluding hydrogens is 168 g/mol. The van der Waals surface area contributed by atoms with Crippen LogP contribution in [-0.4, -0.2) is 17.9 Å². The highest BCUT2D eigenvalue weighted by molar-refractivity contribution is 5.89. The van der Waals surface area contributed by atoms with Gasteiger partial charge in [0, 0.05) is 12.5 Å². The minimum Gasteiger partial charge on any atom is -0.460 e. The second-order valence-electron chi connectivity index (χ2n) is 2.66. The molecule has 13 heavy (non-hydrogen) atoms. The van der Waals surface area contributed by atoms with E-state index >= 15 is 0 Å². The predicted octanol–water partition coefficient (Wildman–Crippen LogP) is 1.64. The first kappa shape index (κ1) is 11.6. The molecule has 0 aliphatic heterocycles. The third-order valence-electron chi connectivity index (χ3n) is 1.51. The fourth-order valence-corrected chi connectivity index (χ4v) is 0.753. The lowest BCUT2D eigenvalue weighted by molar-refractivity contribution is -0.142. The van der Waals surface area contributed by atoms with Gasteiger partial charge in [0.2, 0.25) is 0 Å². The van der Waals surface area contributed by atoms with Crippen LogP contribution < -0.4 is 0 Å². The lowest BCUT2D eigenvalue weighted by atomic mass is 10.1. The van der Waals surface area contributed by atoms with E-state index in [1.165, 1.54) is 6.08 Å². The maximum atomic E-state index is 10.8. The van der Waals surface area contributed by atoms with Crippen molar-refractivity contribution >= 4 is 11.8 Å². The molecule has 0 N–H and O–H groups in total. The minimum absolute atomic E-state index is 0.0403. The van der Waals surface area contributed by atoms with Gasteiger partial charge in [-0.1, -0.05) is 13.2 Å². The van der Waals surface area contributed by atoms with E-state index in [9.17, 15) is 9.59 Å². The molecule has 0 heterocycles. The van der Waals surface area contributed by atoms with Gasteiger partial charge in [-0.3, -0.25) is 4.79 Å². The van der Waals surface area contributed by atoms with Crippen LogP contribution in [-0.2, 0) is 14.3 Å². The van der Waals surface area contributed by atoms with Crippen molar-refractivity contribution in [2.75, 3.05) is 0 Å². The Hall–Kier alpha value is -1.38. The molecule has 0 aromatic carbocycles. The Kier molecular flexibility index (Phi) is 5.52. The van der Waals surface area contributed by atoms with Crippen LogP contribution in [0.2, 0.25) is 0 Å². The number of hydrogen-bond acceptors (Lipinski definition) is 3. The number of rotatable bonds is 6. The van der Waals surface area contributed by atoms with E-state index in [1.807, 2.05) is 0 Å². The molecular formula is C10H14O3. The van der Waals surface area contributed by atoms with Gasteiger partial charge in [-0.15, -0.1) is 0 Å². The highest BCUT2D eigenvalue weighted by Crippen LogP contribution is 2.03. The highest BCUT2D eigenvalue weighted by atomic mass is 16.5. The standard InChI is InChI=1S/C10H14O3/c1-4-9(11)7-6-8(3)13-10(12)5-2/h4-5,8H,1-2,6-7H2,3H3. The first-order valence-corrected chi connectivity index (χ1v) is 4.08. The molecule has 0 saturated heterocycles. The number of ketones is 1. The van der Waals surface area contributed by atoms with Gasteiger partial charge < -0.3 is 4.74 Å². The van der Waals surface area contributed by atoms with Gasteiger partial charge >= 0.3 is 5.97 Å². The van der Waals surface area contributed by atoms with Crippen LogP contribution in [0.25, 0.3) is 0 Å². The van der Waals surface area contributed by atoms with Gasteiger partial charge in [0.15, 0.2) is 5.78 Å². The van der Waals surface area contributed by atoms with Crippen molar-refractivity contribution in [2.45, 2.75) is 25.9 Å². The number of hydrogen-bond donors (Lipinski definition) is 0. The van der Waals surface area contributed by atoms with Gasteiger partial charge in [-0.05, 0) is 19.4 Å². The van der Waals surface area contributed by atoms with Gasteiger partial charge in [-0.2, -0.15) is 0 Å². The molecule has 0 radical (unpaired) electrons. The summed E-state index contributed by atoms with van der Waals surface area (Å²) in [5, 5.41) is 0. The summed E-state index contributed by atoms with van der Waals surface area (Å²) in [6.45, 7) is 8.34. The van der Waals surface area contributed by atoms with E-state index in [0.29, 0.717) is 12.8 Å². The third kappa shape index (κ3) is 5.84. The van der Waals surface area contributed by atoms with Crippen molar-refractivity contribution in [3.05, 3.63) is 25.3 Å². The molecule has 0 aromatic rings. The van der Waals surface area contributed by atoms with Crippen molar-refractivity contribution < 1.29 is 14.3 Å². The van der Waals surface area contributed by atoms with E-state index in [4.69, 9.17) is 4.74 Å². The Morgan fingerprint density at radius 2 is 2.00 bits per heavy atom. The molecule has 1 atom stereocenters. The van der Waals surface area contributed by atoms with E-state index in [1.54, 1.807) is 6.92 Å². The van der Waals surface area contributed by atoms with E-state index in [0.717, 1.165) is 6.08 Å². The maximum Gasteiger partial charge on any atom is 0.330 e. The second-order valence-corrected chi connectivity index (χ2v) is 2.66. The average Bonchev–Trinajstić information content (AvgIpc) is 2.13. The molecule has 0 spiro atoms. The van der Waals surface area contributed by atoms with Gasteiger partial charge in [0.1, 0.15) is 0 Å². The molecule has 0 saturated carbocycles. The zero-order chi connectivity index (χ0) is 10.3. The average molecular weight is 182 g/mol. The molecule has 0 fully saturated rings. The smallest absolute Gasteiger partial charge is 0.330 e. The molecule has 0 bridgehead atoms. The topological polar surface area (TPSA) is 43.4 Å². The second kappa shape index (κ2) is 6.17. The molecule has 3 nitrogen and oxygen atoms in total. The first-order valence-electron chi connectivity index (χ1n) is 4.08. The molecule has 0 aromatic heterocycles. The Morgan fingerprint density at radius 3 is 2.46 bits per heavy atom. The van der Waals surface area contributed by atoms with Crippen LogP contribution in [0.5, 0.6) is 0 Å². The zero-order valence-corrected chi connectivity index (χ0v) is 7.79. The van der Waals surface area contributed by atoms with Crippen molar-refractivity contribution in [2.24, 2.45) is 0 Å². The number of allylic oxidation sites excluding steroid dienone is 1. The van der Waals surface area contributed by atoms with Crippen LogP contribution in [0, 0.1) is 0 Å². The van der Waals surface area contributed by atoms with Gasteiger partial charge in [0.25, 0.3) is 0 Å². The Morgan fingerprint density at radius 1 is 1.38 bits per heavy atom. The monoisotopic (exact) mass is 182 g/mol. The Balaban J connectivity index is 3.68. The van der Waals surface area contributed by atoms with Crippen molar-refractivity contribution in [1.29, 1.82) is 0 Å². The summed E-state index contributed by atoms with van der Waals surface area (Å²) in [6.07, 6.45) is 2.99. The summed E-state index contributed by atoms with van der Waals surface area (Å²) in [5.74, 6) is -0.500. The summed E-state index contributed by atoms with van der Waals surface area (Å²) >= 11 is 0. The molecule has 0 rings (SSSR count). The van der Waals surface area contributed by atoms with E-state index in [2.05, 4.69) is 13.2 Å². The largest absolute Gasteiger partial charge is 0.460 e. The normalized spacial score (nSPS) is 11.5. The number of carbonyl (C=O) groups is 2. The molecule has 0 amide bonds. The molecule has 1 unspecified atom stereocenters. The predicted molar refractivity (Wildman–Crippen MR) is 50.2 cm³/mol. The lowest BCUT2D eigenvalue weighted by Gasteiger charge is -2.09. The molecule has 3 heteroatoms. The van der Waals surface area contributed by atoms with Crippen molar-refractivity contribution in [1.82, 2.24) is 0 Å². The van der Waals surface area contributed by atoms with E-state index < -0.39 is 5.97 Å². The minimum atomic E-state index is -0.460. The van der Waals surface area contributed by atoms with Crippen LogP contribution >= 0.6 is 0 Å². The summed E-state index contributed by atoms with van der Waals surface area (Å²) in [7, 11) is 0. The quantitative estimate of drug-likeness (QED) is 0.463. The first-order chi connectivity index (χ1) is 6.10. The van der Waals surface area contributed by atoms with E-state index in [-0.39, 0.29) is 11.9 Å². The maximum absolute atomic E-state index is 10.8. The van der Waals surface area contributed by atoms with Gasteiger partial charge in [-0.25, -0.2) is 4.79 Å². The summed E-state index contributed by atoms with van der Waals surface area (Å²) in [5.41, 5.74) is 0. The number of ether oxygens (including phenoxy) is 1. The molecule has 0 aliphatic rings. The zero-order valence-electron chi connectivity index (χ0n) is 7.79. The number of esters is 1. The third-order valence-corrected chi connectivity index (χ3v) is 1.51. The fraction of sp³-hybridized carbons (Fsp3) is 0.400. The van der Waals surface area contributed by atoms with Crippen LogP contribution in [0.1, 0.15) is 19.8 Å². The van der Waals surface area contributed by atoms with Crippen molar-refractivity contribution in [3.8, 4) is 0 Å². The molecule has 0 aliphatic carbocycles. The summed E-state index contributed by atoms with van der Waals surface area (Å²) in [6, 6.07) is 0. The number of carbonyl (C=O) groups excluding carboxylic acids is 2. The lowest BCUT2D eigenvalue weighted by Crippen LogP contribution is -2.13. The Labute approximate surface area is 78.1 Å².